The molecule has 0 unspecified atom stereocenters. The maximum atomic E-state index is 6.11. The highest BCUT2D eigenvalue weighted by Crippen LogP contribution is 2.22. The molecular weight excluding hydrogens is 350 g/mol. The Morgan fingerprint density at radius 1 is 1.04 bits per heavy atom. The summed E-state index contributed by atoms with van der Waals surface area (Å²) in [4.78, 5) is 13.5. The summed E-state index contributed by atoms with van der Waals surface area (Å²) in [6, 6.07) is 13.7. The third-order valence-electron chi connectivity index (χ3n) is 4.42. The fourth-order valence-corrected chi connectivity index (χ4v) is 3.24. The molecule has 6 nitrogen and oxygen atoms in total. The Hall–Kier alpha value is -2.73. The van der Waals surface area contributed by atoms with Gasteiger partial charge in [-0.15, -0.1) is 0 Å². The van der Waals surface area contributed by atoms with Gasteiger partial charge in [0.2, 0.25) is 5.95 Å². The first-order chi connectivity index (χ1) is 12.8. The van der Waals surface area contributed by atoms with Gasteiger partial charge in [0.05, 0.1) is 12.8 Å². The van der Waals surface area contributed by atoms with Gasteiger partial charge in [0.25, 0.3) is 0 Å². The number of nitrogens with zero attached hydrogens (tertiary/aromatic N) is 4. The highest BCUT2D eigenvalue weighted by molar-refractivity contribution is 6.30. The molecule has 0 amide bonds. The number of hydrogen-bond donors (Lipinski definition) is 1. The first-order valence-corrected chi connectivity index (χ1v) is 9.00. The standard InChI is InChI=1S/C19H20ClN5O/c20-15-3-1-4-16(13-15)24-8-10-25(11-9-24)18-6-7-21-19(23-18)22-14-17-5-2-12-26-17/h1-7,12-13H,8-11,14H2,(H,21,22,23). The second-order valence-electron chi connectivity index (χ2n) is 6.13. The predicted molar refractivity (Wildman–Crippen MR) is 104 cm³/mol. The number of benzene rings is 1. The molecule has 2 aromatic heterocycles. The van der Waals surface area contributed by atoms with Crippen molar-refractivity contribution in [2.24, 2.45) is 0 Å². The van der Waals surface area contributed by atoms with Gasteiger partial charge >= 0.3 is 0 Å². The van der Waals surface area contributed by atoms with Crippen LogP contribution in [0.2, 0.25) is 5.02 Å². The quantitative estimate of drug-likeness (QED) is 0.740. The molecule has 1 N–H and O–H groups in total. The van der Waals surface area contributed by atoms with Crippen LogP contribution in [0.1, 0.15) is 5.76 Å². The average Bonchev–Trinajstić information content (AvgIpc) is 3.20. The van der Waals surface area contributed by atoms with Gasteiger partial charge in [0.1, 0.15) is 11.6 Å². The number of anilines is 3. The second-order valence-corrected chi connectivity index (χ2v) is 6.56. The summed E-state index contributed by atoms with van der Waals surface area (Å²) in [5, 5.41) is 3.97. The van der Waals surface area contributed by atoms with E-state index in [1.54, 1.807) is 12.5 Å². The highest BCUT2D eigenvalue weighted by atomic mass is 35.5. The lowest BCUT2D eigenvalue weighted by Crippen LogP contribution is -2.46. The summed E-state index contributed by atoms with van der Waals surface area (Å²) < 4.78 is 5.32. The number of aromatic nitrogens is 2. The molecule has 1 saturated heterocycles. The Morgan fingerprint density at radius 2 is 1.88 bits per heavy atom. The monoisotopic (exact) mass is 369 g/mol. The van der Waals surface area contributed by atoms with Crippen LogP contribution >= 0.6 is 11.6 Å². The molecule has 1 aliphatic rings. The van der Waals surface area contributed by atoms with Gasteiger partial charge in [-0.05, 0) is 36.4 Å². The number of nitrogens with one attached hydrogen (secondary N) is 1. The van der Waals surface area contributed by atoms with Crippen molar-refractivity contribution in [2.75, 3.05) is 41.3 Å². The SMILES string of the molecule is Clc1cccc(N2CCN(c3ccnc(NCc4ccco4)n3)CC2)c1. The summed E-state index contributed by atoms with van der Waals surface area (Å²) in [5.74, 6) is 2.40. The fourth-order valence-electron chi connectivity index (χ4n) is 3.06. The van der Waals surface area contributed by atoms with Gasteiger partial charge < -0.3 is 19.5 Å². The average molecular weight is 370 g/mol. The minimum absolute atomic E-state index is 0.568. The summed E-state index contributed by atoms with van der Waals surface area (Å²) in [7, 11) is 0. The number of piperazine rings is 1. The third kappa shape index (κ3) is 3.91. The predicted octanol–water partition coefficient (Wildman–Crippen LogP) is 3.66. The van der Waals surface area contributed by atoms with Crippen molar-refractivity contribution >= 4 is 29.1 Å². The van der Waals surface area contributed by atoms with E-state index >= 15 is 0 Å². The van der Waals surface area contributed by atoms with Crippen LogP contribution in [0.5, 0.6) is 0 Å². The zero-order valence-electron chi connectivity index (χ0n) is 14.3. The van der Waals surface area contributed by atoms with E-state index in [2.05, 4.69) is 31.2 Å². The highest BCUT2D eigenvalue weighted by Gasteiger charge is 2.19. The smallest absolute Gasteiger partial charge is 0.224 e. The van der Waals surface area contributed by atoms with E-state index in [0.29, 0.717) is 12.5 Å². The normalized spacial score (nSPS) is 14.5. The summed E-state index contributed by atoms with van der Waals surface area (Å²) >= 11 is 6.11. The van der Waals surface area contributed by atoms with Crippen LogP contribution in [0.3, 0.4) is 0 Å². The van der Waals surface area contributed by atoms with E-state index in [0.717, 1.165) is 42.8 Å². The lowest BCUT2D eigenvalue weighted by Gasteiger charge is -2.36. The number of halogens is 1. The maximum Gasteiger partial charge on any atom is 0.224 e. The molecule has 7 heteroatoms. The van der Waals surface area contributed by atoms with Crippen molar-refractivity contribution < 1.29 is 4.42 Å². The minimum atomic E-state index is 0.568. The topological polar surface area (TPSA) is 57.4 Å². The van der Waals surface area contributed by atoms with E-state index in [4.69, 9.17) is 16.0 Å². The van der Waals surface area contributed by atoms with E-state index < -0.39 is 0 Å². The van der Waals surface area contributed by atoms with Crippen molar-refractivity contribution in [1.82, 2.24) is 9.97 Å². The maximum absolute atomic E-state index is 6.11. The van der Waals surface area contributed by atoms with Crippen LogP contribution in [-0.4, -0.2) is 36.1 Å². The van der Waals surface area contributed by atoms with Crippen LogP contribution in [0, 0.1) is 0 Å². The molecule has 1 fully saturated rings. The zero-order chi connectivity index (χ0) is 17.8. The lowest BCUT2D eigenvalue weighted by molar-refractivity contribution is 0.517. The Bertz CT molecular complexity index is 847. The molecule has 1 aromatic carbocycles. The Labute approximate surface area is 157 Å². The van der Waals surface area contributed by atoms with E-state index in [-0.39, 0.29) is 0 Å². The molecule has 0 aliphatic carbocycles. The molecule has 0 saturated carbocycles. The van der Waals surface area contributed by atoms with Crippen LogP contribution < -0.4 is 15.1 Å². The number of rotatable bonds is 5. The molecule has 0 bridgehead atoms. The van der Waals surface area contributed by atoms with Crippen molar-refractivity contribution in [3.05, 3.63) is 65.7 Å². The molecule has 4 rings (SSSR count). The van der Waals surface area contributed by atoms with E-state index in [9.17, 15) is 0 Å². The molecule has 26 heavy (non-hydrogen) atoms. The van der Waals surface area contributed by atoms with Gasteiger partial charge in [0, 0.05) is 43.1 Å². The fraction of sp³-hybridized carbons (Fsp3) is 0.263. The Kier molecular flexibility index (Phi) is 4.93. The molecule has 0 spiro atoms. The van der Waals surface area contributed by atoms with Gasteiger partial charge in [-0.2, -0.15) is 4.98 Å². The zero-order valence-corrected chi connectivity index (χ0v) is 15.1. The van der Waals surface area contributed by atoms with Gasteiger partial charge in [-0.3, -0.25) is 0 Å². The van der Waals surface area contributed by atoms with Gasteiger partial charge in [-0.1, -0.05) is 17.7 Å². The summed E-state index contributed by atoms with van der Waals surface area (Å²) in [6.07, 6.45) is 3.45. The number of furan rings is 1. The summed E-state index contributed by atoms with van der Waals surface area (Å²) in [6.45, 7) is 4.24. The largest absolute Gasteiger partial charge is 0.467 e. The molecule has 1 aliphatic heterocycles. The van der Waals surface area contributed by atoms with Crippen LogP contribution in [-0.2, 0) is 6.54 Å². The molecule has 3 aromatic rings. The van der Waals surface area contributed by atoms with Crippen molar-refractivity contribution in [2.45, 2.75) is 6.54 Å². The second kappa shape index (κ2) is 7.66. The lowest BCUT2D eigenvalue weighted by atomic mass is 10.2. The molecule has 3 heterocycles. The van der Waals surface area contributed by atoms with Crippen molar-refractivity contribution in [3.8, 4) is 0 Å². The first kappa shape index (κ1) is 16.7. The third-order valence-corrected chi connectivity index (χ3v) is 4.65. The Balaban J connectivity index is 1.37. The summed E-state index contributed by atoms with van der Waals surface area (Å²) in [5.41, 5.74) is 1.17. The van der Waals surface area contributed by atoms with Crippen LogP contribution in [0.15, 0.2) is 59.3 Å². The molecular formula is C19H20ClN5O. The number of hydrogen-bond acceptors (Lipinski definition) is 6. The van der Waals surface area contributed by atoms with Crippen molar-refractivity contribution in [3.63, 3.8) is 0 Å². The molecule has 0 atom stereocenters. The van der Waals surface area contributed by atoms with E-state index in [1.807, 2.05) is 36.4 Å². The van der Waals surface area contributed by atoms with Crippen molar-refractivity contribution in [1.29, 1.82) is 0 Å². The van der Waals surface area contributed by atoms with Gasteiger partial charge in [0.15, 0.2) is 0 Å². The van der Waals surface area contributed by atoms with Gasteiger partial charge in [-0.25, -0.2) is 4.98 Å². The molecule has 134 valence electrons. The Morgan fingerprint density at radius 3 is 2.65 bits per heavy atom. The van der Waals surface area contributed by atoms with Crippen LogP contribution in [0.4, 0.5) is 17.5 Å². The first-order valence-electron chi connectivity index (χ1n) is 8.63. The van der Waals surface area contributed by atoms with E-state index in [1.165, 1.54) is 5.69 Å². The minimum Gasteiger partial charge on any atom is -0.467 e. The molecule has 0 radical (unpaired) electrons. The van der Waals surface area contributed by atoms with Crippen LogP contribution in [0.25, 0.3) is 0 Å².